The summed E-state index contributed by atoms with van der Waals surface area (Å²) in [5, 5.41) is 8.86. The van der Waals surface area contributed by atoms with Gasteiger partial charge in [0.2, 0.25) is 5.96 Å². The summed E-state index contributed by atoms with van der Waals surface area (Å²) in [6.45, 7) is 4.94. The number of benzene rings is 1. The molecule has 2 amide bonds. The van der Waals surface area contributed by atoms with Crippen LogP contribution in [0.1, 0.15) is 39.2 Å². The van der Waals surface area contributed by atoms with Gasteiger partial charge >= 0.3 is 18.2 Å². The molecule has 29 heavy (non-hydrogen) atoms. The van der Waals surface area contributed by atoms with Gasteiger partial charge in [-0.15, -0.1) is 4.99 Å². The van der Waals surface area contributed by atoms with Gasteiger partial charge < -0.3 is 26.0 Å². The number of aliphatic carboxylic acids is 1. The molecular weight excluding hydrogens is 380 g/mol. The highest BCUT2D eigenvalue weighted by molar-refractivity contribution is 5.98. The van der Waals surface area contributed by atoms with Gasteiger partial charge in [-0.1, -0.05) is 30.3 Å². The molecule has 0 aliphatic heterocycles. The first-order chi connectivity index (χ1) is 13.5. The molecule has 0 aliphatic rings. The molecule has 0 radical (unpaired) electrons. The minimum atomic E-state index is -1.15. The van der Waals surface area contributed by atoms with Crippen LogP contribution in [-0.2, 0) is 20.9 Å². The summed E-state index contributed by atoms with van der Waals surface area (Å²) < 4.78 is 10.3. The molecule has 5 N–H and O–H groups in total. The first-order valence-corrected chi connectivity index (χ1v) is 9.03. The fourth-order valence-corrected chi connectivity index (χ4v) is 2.13. The van der Waals surface area contributed by atoms with Crippen molar-refractivity contribution in [1.29, 1.82) is 0 Å². The number of carbonyl (C=O) groups is 3. The van der Waals surface area contributed by atoms with E-state index in [-0.39, 0.29) is 26.0 Å². The Morgan fingerprint density at radius 1 is 1.21 bits per heavy atom. The Bertz CT molecular complexity index is 730. The summed E-state index contributed by atoms with van der Waals surface area (Å²) in [6.07, 6.45) is -1.49. The van der Waals surface area contributed by atoms with Crippen LogP contribution in [0.4, 0.5) is 9.59 Å². The molecule has 0 fully saturated rings. The van der Waals surface area contributed by atoms with E-state index in [0.29, 0.717) is 0 Å². The third kappa shape index (κ3) is 9.56. The number of amides is 2. The van der Waals surface area contributed by atoms with Crippen molar-refractivity contribution in [1.82, 2.24) is 4.90 Å². The van der Waals surface area contributed by atoms with Crippen molar-refractivity contribution in [2.75, 3.05) is 6.54 Å². The zero-order valence-electron chi connectivity index (χ0n) is 16.8. The van der Waals surface area contributed by atoms with Gasteiger partial charge in [-0.05, 0) is 39.2 Å². The van der Waals surface area contributed by atoms with Crippen LogP contribution in [0, 0.1) is 0 Å². The molecule has 0 bridgehead atoms. The molecule has 0 spiro atoms. The lowest BCUT2D eigenvalue weighted by atomic mass is 10.1. The lowest BCUT2D eigenvalue weighted by Gasteiger charge is -2.22. The van der Waals surface area contributed by atoms with E-state index >= 15 is 0 Å². The maximum atomic E-state index is 12.5. The Morgan fingerprint density at radius 2 is 1.83 bits per heavy atom. The smallest absolute Gasteiger partial charge is 0.437 e. The molecule has 10 heteroatoms. The highest BCUT2D eigenvalue weighted by atomic mass is 16.6. The van der Waals surface area contributed by atoms with Crippen LogP contribution < -0.4 is 11.5 Å². The number of ether oxygens (including phenoxy) is 2. The molecule has 1 aromatic carbocycles. The molecule has 1 aromatic rings. The number of nitrogens with two attached hydrogens (primary N) is 2. The predicted octanol–water partition coefficient (Wildman–Crippen LogP) is 2.07. The summed E-state index contributed by atoms with van der Waals surface area (Å²) >= 11 is 0. The van der Waals surface area contributed by atoms with Crippen LogP contribution in [0.2, 0.25) is 0 Å². The van der Waals surface area contributed by atoms with E-state index in [1.807, 2.05) is 6.07 Å². The summed E-state index contributed by atoms with van der Waals surface area (Å²) in [5.74, 6) is -1.57. The maximum absolute atomic E-state index is 12.5. The fourth-order valence-electron chi connectivity index (χ4n) is 2.13. The summed E-state index contributed by atoms with van der Waals surface area (Å²) in [7, 11) is 0. The van der Waals surface area contributed by atoms with Gasteiger partial charge in [0, 0.05) is 6.54 Å². The van der Waals surface area contributed by atoms with Crippen LogP contribution >= 0.6 is 0 Å². The van der Waals surface area contributed by atoms with Crippen molar-refractivity contribution in [3.63, 3.8) is 0 Å². The normalized spacial score (nSPS) is 12.8. The monoisotopic (exact) mass is 408 g/mol. The average molecular weight is 408 g/mol. The molecule has 10 nitrogen and oxygen atoms in total. The number of carbonyl (C=O) groups excluding carboxylic acids is 2. The molecule has 0 heterocycles. The summed E-state index contributed by atoms with van der Waals surface area (Å²) in [5.41, 5.74) is 11.3. The third-order valence-corrected chi connectivity index (χ3v) is 3.52. The Morgan fingerprint density at radius 3 is 2.38 bits per heavy atom. The molecule has 0 aromatic heterocycles. The third-order valence-electron chi connectivity index (χ3n) is 3.52. The second-order valence-electron chi connectivity index (χ2n) is 7.23. The molecule has 0 aliphatic carbocycles. The lowest BCUT2D eigenvalue weighted by molar-refractivity contribution is -0.138. The number of carboxylic acids is 1. The number of hydrogen-bond acceptors (Lipinski definition) is 6. The quantitative estimate of drug-likeness (QED) is 0.457. The van der Waals surface area contributed by atoms with Crippen molar-refractivity contribution in [3.8, 4) is 0 Å². The van der Waals surface area contributed by atoms with E-state index < -0.39 is 35.8 Å². The topological polar surface area (TPSA) is 158 Å². The highest BCUT2D eigenvalue weighted by Crippen LogP contribution is 2.09. The lowest BCUT2D eigenvalue weighted by Crippen LogP contribution is -2.44. The van der Waals surface area contributed by atoms with Gasteiger partial charge in [0.1, 0.15) is 18.2 Å². The Hall–Kier alpha value is -3.14. The van der Waals surface area contributed by atoms with Crippen molar-refractivity contribution >= 4 is 24.1 Å². The number of carboxylic acid groups (broad SMARTS) is 1. The van der Waals surface area contributed by atoms with Gasteiger partial charge in [0.25, 0.3) is 0 Å². The Kier molecular flexibility index (Phi) is 9.07. The Balaban J connectivity index is 2.84. The Labute approximate surface area is 169 Å². The molecular formula is C19H28N4O6. The summed E-state index contributed by atoms with van der Waals surface area (Å²) in [4.78, 5) is 39.7. The highest BCUT2D eigenvalue weighted by Gasteiger charge is 2.23. The number of nitrogens with zero attached hydrogens (tertiary/aromatic N) is 2. The van der Waals surface area contributed by atoms with E-state index in [1.54, 1.807) is 45.0 Å². The number of guanidine groups is 1. The van der Waals surface area contributed by atoms with Gasteiger partial charge in [-0.2, -0.15) is 0 Å². The van der Waals surface area contributed by atoms with Crippen LogP contribution in [-0.4, -0.2) is 52.3 Å². The molecule has 1 atom stereocenters. The van der Waals surface area contributed by atoms with E-state index in [0.717, 1.165) is 10.5 Å². The van der Waals surface area contributed by atoms with Gasteiger partial charge in [0.15, 0.2) is 0 Å². The van der Waals surface area contributed by atoms with Crippen LogP contribution in [0.5, 0.6) is 0 Å². The zero-order valence-corrected chi connectivity index (χ0v) is 16.8. The van der Waals surface area contributed by atoms with Gasteiger partial charge in [0.05, 0.1) is 0 Å². The van der Waals surface area contributed by atoms with Crippen LogP contribution in [0.3, 0.4) is 0 Å². The molecule has 0 saturated carbocycles. The first-order valence-electron chi connectivity index (χ1n) is 9.03. The standard InChI is InChI=1S/C19H28N4O6/c1-19(2,3)29-17(26)22-16(21)23(11-7-10-14(20)15(24)25)18(27)28-12-13-8-5-4-6-9-13/h4-6,8-9,14H,7,10-12,20H2,1-3H3,(H,24,25)(H2,21,22,26)/t14-/m0/s1. The van der Waals surface area contributed by atoms with Gasteiger partial charge in [-0.3, -0.25) is 4.79 Å². The molecule has 1 rings (SSSR count). The summed E-state index contributed by atoms with van der Waals surface area (Å²) in [6, 6.07) is 7.90. The van der Waals surface area contributed by atoms with E-state index in [1.165, 1.54) is 0 Å². The molecule has 160 valence electrons. The number of hydrogen-bond donors (Lipinski definition) is 3. The van der Waals surface area contributed by atoms with Crippen LogP contribution in [0.15, 0.2) is 35.3 Å². The predicted molar refractivity (Wildman–Crippen MR) is 106 cm³/mol. The average Bonchev–Trinajstić information content (AvgIpc) is 2.62. The first kappa shape index (κ1) is 23.9. The fraction of sp³-hybridized carbons (Fsp3) is 0.474. The van der Waals surface area contributed by atoms with Crippen LogP contribution in [0.25, 0.3) is 0 Å². The molecule has 0 unspecified atom stereocenters. The minimum Gasteiger partial charge on any atom is -0.480 e. The maximum Gasteiger partial charge on any atom is 0.437 e. The SMILES string of the molecule is CC(C)(C)OC(=O)N=C(N)N(CCC[C@H](N)C(=O)O)C(=O)OCc1ccccc1. The van der Waals surface area contributed by atoms with Crippen molar-refractivity contribution in [3.05, 3.63) is 35.9 Å². The van der Waals surface area contributed by atoms with Gasteiger partial charge in [-0.25, -0.2) is 14.5 Å². The largest absolute Gasteiger partial charge is 0.480 e. The number of aliphatic imine (C=N–C) groups is 1. The molecule has 0 saturated heterocycles. The van der Waals surface area contributed by atoms with Crippen molar-refractivity contribution in [2.24, 2.45) is 16.5 Å². The second-order valence-corrected chi connectivity index (χ2v) is 7.23. The second kappa shape index (κ2) is 11.0. The van der Waals surface area contributed by atoms with Crippen molar-refractivity contribution in [2.45, 2.75) is 51.9 Å². The number of rotatable bonds is 7. The zero-order chi connectivity index (χ0) is 22.0. The van der Waals surface area contributed by atoms with E-state index in [2.05, 4.69) is 4.99 Å². The minimum absolute atomic E-state index is 0.00939. The van der Waals surface area contributed by atoms with E-state index in [4.69, 9.17) is 26.0 Å². The van der Waals surface area contributed by atoms with Crippen molar-refractivity contribution < 1.29 is 29.0 Å². The van der Waals surface area contributed by atoms with E-state index in [9.17, 15) is 14.4 Å².